The lowest BCUT2D eigenvalue weighted by Gasteiger charge is -2.06. The SMILES string of the molecule is CCCNC(=O)NCCc1ccc(F)c(F)c1. The average molecular weight is 242 g/mol. The summed E-state index contributed by atoms with van der Waals surface area (Å²) < 4.78 is 25.5. The number of hydrogen-bond donors (Lipinski definition) is 2. The van der Waals surface area contributed by atoms with Crippen LogP contribution in [0.4, 0.5) is 13.6 Å². The van der Waals surface area contributed by atoms with Crippen LogP contribution in [0.25, 0.3) is 0 Å². The van der Waals surface area contributed by atoms with E-state index >= 15 is 0 Å². The van der Waals surface area contributed by atoms with E-state index in [1.165, 1.54) is 6.07 Å². The molecule has 5 heteroatoms. The monoisotopic (exact) mass is 242 g/mol. The van der Waals surface area contributed by atoms with Gasteiger partial charge in [-0.2, -0.15) is 0 Å². The van der Waals surface area contributed by atoms with Gasteiger partial charge < -0.3 is 10.6 Å². The predicted molar refractivity (Wildman–Crippen MR) is 61.8 cm³/mol. The van der Waals surface area contributed by atoms with Crippen LogP contribution >= 0.6 is 0 Å². The zero-order valence-electron chi connectivity index (χ0n) is 9.72. The maximum atomic E-state index is 12.9. The lowest BCUT2D eigenvalue weighted by Crippen LogP contribution is -2.36. The van der Waals surface area contributed by atoms with Crippen molar-refractivity contribution in [3.8, 4) is 0 Å². The first-order chi connectivity index (χ1) is 8.13. The fourth-order valence-corrected chi connectivity index (χ4v) is 1.32. The molecule has 0 spiro atoms. The van der Waals surface area contributed by atoms with E-state index in [-0.39, 0.29) is 6.03 Å². The molecule has 2 N–H and O–H groups in total. The highest BCUT2D eigenvalue weighted by Crippen LogP contribution is 2.08. The molecule has 0 aliphatic heterocycles. The molecule has 0 saturated carbocycles. The fourth-order valence-electron chi connectivity index (χ4n) is 1.32. The smallest absolute Gasteiger partial charge is 0.314 e. The number of carbonyl (C=O) groups is 1. The minimum absolute atomic E-state index is 0.241. The first kappa shape index (κ1) is 13.4. The Morgan fingerprint density at radius 2 is 1.88 bits per heavy atom. The molecule has 0 aliphatic carbocycles. The first-order valence-electron chi connectivity index (χ1n) is 5.59. The van der Waals surface area contributed by atoms with Gasteiger partial charge in [0, 0.05) is 13.1 Å². The van der Waals surface area contributed by atoms with Crippen molar-refractivity contribution in [2.45, 2.75) is 19.8 Å². The maximum Gasteiger partial charge on any atom is 0.314 e. The van der Waals surface area contributed by atoms with Gasteiger partial charge in [-0.25, -0.2) is 13.6 Å². The van der Waals surface area contributed by atoms with Crippen LogP contribution in [0.15, 0.2) is 18.2 Å². The molecule has 17 heavy (non-hydrogen) atoms. The number of urea groups is 1. The van der Waals surface area contributed by atoms with E-state index in [4.69, 9.17) is 0 Å². The summed E-state index contributed by atoms with van der Waals surface area (Å²) in [5.41, 5.74) is 0.652. The Hall–Kier alpha value is -1.65. The van der Waals surface area contributed by atoms with Crippen LogP contribution in [0.5, 0.6) is 0 Å². The van der Waals surface area contributed by atoms with Gasteiger partial charge in [0.15, 0.2) is 11.6 Å². The fraction of sp³-hybridized carbons (Fsp3) is 0.417. The van der Waals surface area contributed by atoms with Crippen molar-refractivity contribution in [1.29, 1.82) is 0 Å². The maximum absolute atomic E-state index is 12.9. The predicted octanol–water partition coefficient (Wildman–Crippen LogP) is 2.22. The Labute approximate surface area is 99.2 Å². The third kappa shape index (κ3) is 4.80. The quantitative estimate of drug-likeness (QED) is 0.816. The van der Waals surface area contributed by atoms with Crippen LogP contribution in [0.2, 0.25) is 0 Å². The minimum atomic E-state index is -0.863. The summed E-state index contributed by atoms with van der Waals surface area (Å²) in [5.74, 6) is -1.72. The molecular formula is C12H16F2N2O. The van der Waals surface area contributed by atoms with Crippen molar-refractivity contribution in [2.24, 2.45) is 0 Å². The lowest BCUT2D eigenvalue weighted by atomic mass is 10.1. The van der Waals surface area contributed by atoms with Crippen molar-refractivity contribution < 1.29 is 13.6 Å². The summed E-state index contributed by atoms with van der Waals surface area (Å²) >= 11 is 0. The summed E-state index contributed by atoms with van der Waals surface area (Å²) in [6.07, 6.45) is 1.34. The second-order valence-corrected chi connectivity index (χ2v) is 3.68. The number of benzene rings is 1. The van der Waals surface area contributed by atoms with Crippen LogP contribution in [0.1, 0.15) is 18.9 Å². The van der Waals surface area contributed by atoms with E-state index in [9.17, 15) is 13.6 Å². The van der Waals surface area contributed by atoms with E-state index in [0.29, 0.717) is 25.1 Å². The van der Waals surface area contributed by atoms with Gasteiger partial charge in [0.2, 0.25) is 0 Å². The molecule has 0 bridgehead atoms. The summed E-state index contributed by atoms with van der Waals surface area (Å²) in [6.45, 7) is 2.97. The number of amides is 2. The molecule has 0 fully saturated rings. The number of halogens is 2. The van der Waals surface area contributed by atoms with Crippen LogP contribution < -0.4 is 10.6 Å². The highest BCUT2D eigenvalue weighted by atomic mass is 19.2. The zero-order chi connectivity index (χ0) is 12.7. The van der Waals surface area contributed by atoms with E-state index in [1.807, 2.05) is 6.92 Å². The third-order valence-corrected chi connectivity index (χ3v) is 2.22. The molecule has 1 rings (SSSR count). The van der Waals surface area contributed by atoms with Crippen molar-refractivity contribution >= 4 is 6.03 Å². The third-order valence-electron chi connectivity index (χ3n) is 2.22. The summed E-state index contributed by atoms with van der Waals surface area (Å²) in [5, 5.41) is 5.29. The lowest BCUT2D eigenvalue weighted by molar-refractivity contribution is 0.241. The van der Waals surface area contributed by atoms with E-state index < -0.39 is 11.6 Å². The molecule has 1 aromatic carbocycles. The van der Waals surface area contributed by atoms with E-state index in [0.717, 1.165) is 18.6 Å². The van der Waals surface area contributed by atoms with Gasteiger partial charge in [0.25, 0.3) is 0 Å². The standard InChI is InChI=1S/C12H16F2N2O/c1-2-6-15-12(17)16-7-5-9-3-4-10(13)11(14)8-9/h3-4,8H,2,5-7H2,1H3,(H2,15,16,17). The van der Waals surface area contributed by atoms with Gasteiger partial charge in [-0.15, -0.1) is 0 Å². The molecule has 0 saturated heterocycles. The molecule has 0 aromatic heterocycles. The first-order valence-corrected chi connectivity index (χ1v) is 5.59. The number of rotatable bonds is 5. The molecule has 0 atom stereocenters. The molecule has 0 radical (unpaired) electrons. The molecule has 0 unspecified atom stereocenters. The second-order valence-electron chi connectivity index (χ2n) is 3.68. The van der Waals surface area contributed by atoms with Crippen molar-refractivity contribution in [1.82, 2.24) is 10.6 Å². The molecular weight excluding hydrogens is 226 g/mol. The van der Waals surface area contributed by atoms with Crippen molar-refractivity contribution in [2.75, 3.05) is 13.1 Å². The molecule has 3 nitrogen and oxygen atoms in total. The molecule has 0 aliphatic rings. The Bertz CT molecular complexity index is 383. The van der Waals surface area contributed by atoms with E-state index in [2.05, 4.69) is 10.6 Å². The van der Waals surface area contributed by atoms with Crippen LogP contribution in [-0.4, -0.2) is 19.1 Å². The Kier molecular flexibility index (Phi) is 5.39. The summed E-state index contributed by atoms with van der Waals surface area (Å²) in [4.78, 5) is 11.2. The minimum Gasteiger partial charge on any atom is -0.338 e. The number of hydrogen-bond acceptors (Lipinski definition) is 1. The van der Waals surface area contributed by atoms with Gasteiger partial charge in [-0.05, 0) is 30.5 Å². The van der Waals surface area contributed by atoms with Gasteiger partial charge in [0.05, 0.1) is 0 Å². The Morgan fingerprint density at radius 3 is 2.53 bits per heavy atom. The van der Waals surface area contributed by atoms with Crippen LogP contribution in [0, 0.1) is 11.6 Å². The molecule has 1 aromatic rings. The molecule has 94 valence electrons. The van der Waals surface area contributed by atoms with Crippen molar-refractivity contribution in [3.05, 3.63) is 35.4 Å². The molecule has 2 amide bonds. The second kappa shape index (κ2) is 6.83. The number of nitrogens with one attached hydrogen (secondary N) is 2. The van der Waals surface area contributed by atoms with Crippen LogP contribution in [-0.2, 0) is 6.42 Å². The van der Waals surface area contributed by atoms with Gasteiger partial charge >= 0.3 is 6.03 Å². The van der Waals surface area contributed by atoms with Gasteiger partial charge in [-0.1, -0.05) is 13.0 Å². The largest absolute Gasteiger partial charge is 0.338 e. The Morgan fingerprint density at radius 1 is 1.18 bits per heavy atom. The van der Waals surface area contributed by atoms with Crippen LogP contribution in [0.3, 0.4) is 0 Å². The summed E-state index contributed by atoms with van der Waals surface area (Å²) in [6, 6.07) is 3.49. The van der Waals surface area contributed by atoms with Gasteiger partial charge in [0.1, 0.15) is 0 Å². The topological polar surface area (TPSA) is 41.1 Å². The highest BCUT2D eigenvalue weighted by Gasteiger charge is 2.03. The highest BCUT2D eigenvalue weighted by molar-refractivity contribution is 5.73. The molecule has 0 heterocycles. The van der Waals surface area contributed by atoms with Gasteiger partial charge in [-0.3, -0.25) is 0 Å². The van der Waals surface area contributed by atoms with Crippen molar-refractivity contribution in [3.63, 3.8) is 0 Å². The summed E-state index contributed by atoms with van der Waals surface area (Å²) in [7, 11) is 0. The average Bonchev–Trinajstić information content (AvgIpc) is 2.31. The number of carbonyl (C=O) groups excluding carboxylic acids is 1. The van der Waals surface area contributed by atoms with E-state index in [1.54, 1.807) is 0 Å². The zero-order valence-corrected chi connectivity index (χ0v) is 9.72. The Balaban J connectivity index is 2.30. The normalized spacial score (nSPS) is 10.1.